The number of aromatic amines is 1. The van der Waals surface area contributed by atoms with Gasteiger partial charge in [0.05, 0.1) is 6.42 Å². The van der Waals surface area contributed by atoms with Gasteiger partial charge in [-0.3, -0.25) is 4.79 Å². The molecule has 1 amide bonds. The lowest BCUT2D eigenvalue weighted by molar-refractivity contribution is -0.129. The number of H-pyrrole nitrogens is 1. The van der Waals surface area contributed by atoms with E-state index in [4.69, 9.17) is 0 Å². The molecule has 0 aliphatic rings. The van der Waals surface area contributed by atoms with Crippen molar-refractivity contribution in [2.45, 2.75) is 26.8 Å². The number of rotatable bonds is 4. The van der Waals surface area contributed by atoms with Gasteiger partial charge in [-0.1, -0.05) is 45.8 Å². The van der Waals surface area contributed by atoms with Gasteiger partial charge < -0.3 is 9.88 Å². The van der Waals surface area contributed by atoms with Crippen molar-refractivity contribution in [3.05, 3.63) is 69.3 Å². The lowest BCUT2D eigenvalue weighted by Crippen LogP contribution is -2.27. The van der Waals surface area contributed by atoms with Crippen LogP contribution in [0.25, 0.3) is 10.9 Å². The number of carbonyl (C=O) groups excluding carboxylic acids is 1. The summed E-state index contributed by atoms with van der Waals surface area (Å²) < 4.78 is 1.02. The van der Waals surface area contributed by atoms with Crippen LogP contribution in [0.5, 0.6) is 0 Å². The largest absolute Gasteiger partial charge is 0.358 e. The summed E-state index contributed by atoms with van der Waals surface area (Å²) in [5.41, 5.74) is 5.58. The van der Waals surface area contributed by atoms with Crippen LogP contribution in [0.15, 0.2) is 46.9 Å². The molecular weight excluding hydrogens is 364 g/mol. The Labute approximate surface area is 150 Å². The summed E-state index contributed by atoms with van der Waals surface area (Å²) in [6.07, 6.45) is 0.407. The number of amides is 1. The average molecular weight is 385 g/mol. The molecule has 124 valence electrons. The molecule has 3 aromatic rings. The van der Waals surface area contributed by atoms with Gasteiger partial charge in [0.2, 0.25) is 5.91 Å². The van der Waals surface area contributed by atoms with E-state index < -0.39 is 0 Å². The van der Waals surface area contributed by atoms with Gasteiger partial charge in [-0.2, -0.15) is 0 Å². The summed E-state index contributed by atoms with van der Waals surface area (Å²) in [5.74, 6) is 0.125. The van der Waals surface area contributed by atoms with Crippen molar-refractivity contribution >= 4 is 32.7 Å². The fraction of sp³-hybridized carbons (Fsp3) is 0.250. The molecule has 0 saturated carbocycles. The number of hydrogen-bond acceptors (Lipinski definition) is 1. The molecule has 3 nitrogen and oxygen atoms in total. The maximum absolute atomic E-state index is 12.7. The minimum atomic E-state index is 0.125. The molecule has 2 aromatic carbocycles. The number of carbonyl (C=O) groups is 1. The van der Waals surface area contributed by atoms with Gasteiger partial charge in [-0.25, -0.2) is 0 Å². The molecule has 3 rings (SSSR count). The normalized spacial score (nSPS) is 11.0. The molecule has 4 heteroatoms. The number of halogens is 1. The van der Waals surface area contributed by atoms with Gasteiger partial charge >= 0.3 is 0 Å². The van der Waals surface area contributed by atoms with Crippen molar-refractivity contribution in [1.29, 1.82) is 0 Å². The summed E-state index contributed by atoms with van der Waals surface area (Å²) in [6, 6.07) is 14.4. The second-order valence-corrected chi connectivity index (χ2v) is 7.25. The fourth-order valence-electron chi connectivity index (χ4n) is 2.92. The number of likely N-dealkylation sites (N-methyl/N-ethyl adjacent to an activating group) is 1. The maximum atomic E-state index is 12.7. The average Bonchev–Trinajstić information content (AvgIpc) is 2.85. The first kappa shape index (κ1) is 16.8. The minimum Gasteiger partial charge on any atom is -0.358 e. The molecule has 0 atom stereocenters. The zero-order valence-electron chi connectivity index (χ0n) is 14.2. The Morgan fingerprint density at radius 1 is 1.12 bits per heavy atom. The van der Waals surface area contributed by atoms with E-state index in [1.165, 1.54) is 5.56 Å². The number of nitrogens with one attached hydrogen (secondary N) is 1. The molecule has 0 bridgehead atoms. The van der Waals surface area contributed by atoms with Crippen LogP contribution in [-0.4, -0.2) is 22.8 Å². The van der Waals surface area contributed by atoms with Crippen LogP contribution in [0.3, 0.4) is 0 Å². The quantitative estimate of drug-likeness (QED) is 0.692. The lowest BCUT2D eigenvalue weighted by atomic mass is 10.1. The van der Waals surface area contributed by atoms with Gasteiger partial charge in [0, 0.05) is 34.7 Å². The van der Waals surface area contributed by atoms with Gasteiger partial charge in [0.25, 0.3) is 0 Å². The SMILES string of the molecule is Cc1ccc(CN(C)C(=O)Cc2c(C)[nH]c3ccc(Br)cc23)cc1. The standard InChI is InChI=1S/C20H21BrN2O/c1-13-4-6-15(7-5-13)12-23(3)20(24)11-17-14(2)22-19-9-8-16(21)10-18(17)19/h4-10,22H,11-12H2,1-3H3. The first-order chi connectivity index (χ1) is 11.4. The Hall–Kier alpha value is -2.07. The predicted molar refractivity (Wildman–Crippen MR) is 102 cm³/mol. The molecular formula is C20H21BrN2O. The third-order valence-corrected chi connectivity index (χ3v) is 4.87. The van der Waals surface area contributed by atoms with Gasteiger partial charge in [-0.05, 0) is 43.2 Å². The Bertz CT molecular complexity index is 881. The second kappa shape index (κ2) is 6.81. The Kier molecular flexibility index (Phi) is 4.76. The maximum Gasteiger partial charge on any atom is 0.227 e. The molecule has 1 heterocycles. The van der Waals surface area contributed by atoms with E-state index in [1.807, 2.05) is 26.1 Å². The summed E-state index contributed by atoms with van der Waals surface area (Å²) in [6.45, 7) is 4.72. The molecule has 1 aromatic heterocycles. The second-order valence-electron chi connectivity index (χ2n) is 6.33. The topological polar surface area (TPSA) is 36.1 Å². The molecule has 0 aliphatic carbocycles. The Balaban J connectivity index is 1.78. The molecule has 0 spiro atoms. The van der Waals surface area contributed by atoms with Crippen molar-refractivity contribution in [2.24, 2.45) is 0 Å². The van der Waals surface area contributed by atoms with Crippen molar-refractivity contribution in [3.8, 4) is 0 Å². The molecule has 0 aliphatic heterocycles. The van der Waals surface area contributed by atoms with Crippen molar-refractivity contribution in [2.75, 3.05) is 7.05 Å². The highest BCUT2D eigenvalue weighted by Gasteiger charge is 2.16. The van der Waals surface area contributed by atoms with E-state index in [0.717, 1.165) is 32.2 Å². The summed E-state index contributed by atoms with van der Waals surface area (Å²) >= 11 is 3.51. The highest BCUT2D eigenvalue weighted by atomic mass is 79.9. The number of aromatic nitrogens is 1. The highest BCUT2D eigenvalue weighted by Crippen LogP contribution is 2.26. The van der Waals surface area contributed by atoms with Gasteiger partial charge in [0.15, 0.2) is 0 Å². The highest BCUT2D eigenvalue weighted by molar-refractivity contribution is 9.10. The number of hydrogen-bond donors (Lipinski definition) is 1. The van der Waals surface area contributed by atoms with E-state index >= 15 is 0 Å². The van der Waals surface area contributed by atoms with E-state index in [0.29, 0.717) is 13.0 Å². The molecule has 24 heavy (non-hydrogen) atoms. The smallest absolute Gasteiger partial charge is 0.227 e. The van der Waals surface area contributed by atoms with Crippen LogP contribution in [0.1, 0.15) is 22.4 Å². The summed E-state index contributed by atoms with van der Waals surface area (Å²) in [4.78, 5) is 17.8. The lowest BCUT2D eigenvalue weighted by Gasteiger charge is -2.17. The molecule has 0 saturated heterocycles. The number of aryl methyl sites for hydroxylation is 2. The monoisotopic (exact) mass is 384 g/mol. The van der Waals surface area contributed by atoms with Crippen LogP contribution in [0, 0.1) is 13.8 Å². The van der Waals surface area contributed by atoms with E-state index in [2.05, 4.69) is 58.2 Å². The van der Waals surface area contributed by atoms with Crippen LogP contribution < -0.4 is 0 Å². The summed E-state index contributed by atoms with van der Waals surface area (Å²) in [7, 11) is 1.86. The third kappa shape index (κ3) is 3.54. The van der Waals surface area contributed by atoms with Crippen molar-refractivity contribution in [3.63, 3.8) is 0 Å². The zero-order valence-corrected chi connectivity index (χ0v) is 15.8. The van der Waals surface area contributed by atoms with Crippen LogP contribution >= 0.6 is 15.9 Å². The van der Waals surface area contributed by atoms with Crippen LogP contribution in [-0.2, 0) is 17.8 Å². The zero-order chi connectivity index (χ0) is 17.3. The van der Waals surface area contributed by atoms with E-state index in [1.54, 1.807) is 4.90 Å². The van der Waals surface area contributed by atoms with Crippen molar-refractivity contribution < 1.29 is 4.79 Å². The van der Waals surface area contributed by atoms with Gasteiger partial charge in [0.1, 0.15) is 0 Å². The van der Waals surface area contributed by atoms with Crippen LogP contribution in [0.4, 0.5) is 0 Å². The number of nitrogens with zero attached hydrogens (tertiary/aromatic N) is 1. The Morgan fingerprint density at radius 3 is 2.54 bits per heavy atom. The fourth-order valence-corrected chi connectivity index (χ4v) is 3.29. The first-order valence-corrected chi connectivity index (χ1v) is 8.79. The molecule has 0 radical (unpaired) electrons. The first-order valence-electron chi connectivity index (χ1n) is 8.00. The van der Waals surface area contributed by atoms with E-state index in [9.17, 15) is 4.79 Å². The molecule has 0 fully saturated rings. The predicted octanol–water partition coefficient (Wildman–Crippen LogP) is 4.75. The molecule has 1 N–H and O–H groups in total. The third-order valence-electron chi connectivity index (χ3n) is 4.38. The number of fused-ring (bicyclic) bond motifs is 1. The Morgan fingerprint density at radius 2 is 1.83 bits per heavy atom. The van der Waals surface area contributed by atoms with Gasteiger partial charge in [-0.15, -0.1) is 0 Å². The van der Waals surface area contributed by atoms with E-state index in [-0.39, 0.29) is 5.91 Å². The van der Waals surface area contributed by atoms with Crippen LogP contribution in [0.2, 0.25) is 0 Å². The number of benzene rings is 2. The minimum absolute atomic E-state index is 0.125. The summed E-state index contributed by atoms with van der Waals surface area (Å²) in [5, 5.41) is 1.11. The molecule has 0 unspecified atom stereocenters. The van der Waals surface area contributed by atoms with Crippen molar-refractivity contribution in [1.82, 2.24) is 9.88 Å².